The van der Waals surface area contributed by atoms with Crippen molar-refractivity contribution in [3.63, 3.8) is 0 Å². The summed E-state index contributed by atoms with van der Waals surface area (Å²) in [7, 11) is 0. The van der Waals surface area contributed by atoms with Crippen molar-refractivity contribution < 1.29 is 0 Å². The summed E-state index contributed by atoms with van der Waals surface area (Å²) in [5, 5.41) is 0. The largest absolute Gasteiger partial charge is 0.264 e. The van der Waals surface area contributed by atoms with Gasteiger partial charge in [-0.15, -0.1) is 0 Å². The van der Waals surface area contributed by atoms with Crippen molar-refractivity contribution in [2.24, 2.45) is 11.8 Å². The zero-order chi connectivity index (χ0) is 9.54. The Labute approximate surface area is 84.9 Å². The molecule has 0 saturated heterocycles. The van der Waals surface area contributed by atoms with E-state index >= 15 is 0 Å². The first kappa shape index (κ1) is 8.22. The quantitative estimate of drug-likeness (QED) is 0.654. The second-order valence-corrected chi connectivity index (χ2v) is 4.53. The molecular formula is C13H15N. The van der Waals surface area contributed by atoms with Gasteiger partial charge in [0.15, 0.2) is 0 Å². The number of nitrogens with zero attached hydrogens (tertiary/aromatic N) is 1. The zero-order valence-electron chi connectivity index (χ0n) is 8.53. The fourth-order valence-corrected chi connectivity index (χ4v) is 2.63. The molecule has 1 heterocycles. The molecule has 0 aromatic carbocycles. The predicted octanol–water partition coefficient (Wildman–Crippen LogP) is 3.20. The van der Waals surface area contributed by atoms with Gasteiger partial charge in [0.05, 0.1) is 0 Å². The van der Waals surface area contributed by atoms with Gasteiger partial charge < -0.3 is 0 Å². The van der Waals surface area contributed by atoms with Gasteiger partial charge in [-0.3, -0.25) is 4.98 Å². The third kappa shape index (κ3) is 1.19. The van der Waals surface area contributed by atoms with Crippen LogP contribution in [0.4, 0.5) is 0 Å². The molecule has 1 heteroatoms. The SMILES string of the molecule is Cc1ccncc1C1=CCCC2CC12. The average molecular weight is 185 g/mol. The molecule has 0 N–H and O–H groups in total. The van der Waals surface area contributed by atoms with Crippen molar-refractivity contribution in [2.45, 2.75) is 26.2 Å². The highest BCUT2D eigenvalue weighted by molar-refractivity contribution is 5.72. The lowest BCUT2D eigenvalue weighted by atomic mass is 9.92. The number of hydrogen-bond acceptors (Lipinski definition) is 1. The monoisotopic (exact) mass is 185 g/mol. The van der Waals surface area contributed by atoms with Crippen LogP contribution in [0.1, 0.15) is 30.4 Å². The molecular weight excluding hydrogens is 170 g/mol. The predicted molar refractivity (Wildman–Crippen MR) is 57.8 cm³/mol. The molecule has 2 aliphatic rings. The molecule has 0 amide bonds. The second-order valence-electron chi connectivity index (χ2n) is 4.53. The first-order valence-corrected chi connectivity index (χ1v) is 5.47. The topological polar surface area (TPSA) is 12.9 Å². The van der Waals surface area contributed by atoms with Gasteiger partial charge in [0.2, 0.25) is 0 Å². The number of aryl methyl sites for hydroxylation is 1. The Morgan fingerprint density at radius 2 is 2.36 bits per heavy atom. The average Bonchev–Trinajstić information content (AvgIpc) is 2.97. The summed E-state index contributed by atoms with van der Waals surface area (Å²) in [5.74, 6) is 1.86. The summed E-state index contributed by atoms with van der Waals surface area (Å²) >= 11 is 0. The van der Waals surface area contributed by atoms with Crippen molar-refractivity contribution in [1.29, 1.82) is 0 Å². The van der Waals surface area contributed by atoms with Gasteiger partial charge in [0.25, 0.3) is 0 Å². The van der Waals surface area contributed by atoms with E-state index in [1.807, 2.05) is 12.4 Å². The van der Waals surface area contributed by atoms with Crippen molar-refractivity contribution in [3.05, 3.63) is 35.7 Å². The second kappa shape index (κ2) is 2.94. The van der Waals surface area contributed by atoms with Crippen molar-refractivity contribution in [1.82, 2.24) is 4.98 Å². The molecule has 1 saturated carbocycles. The zero-order valence-corrected chi connectivity index (χ0v) is 8.53. The summed E-state index contributed by atoms with van der Waals surface area (Å²) in [4.78, 5) is 4.23. The maximum absolute atomic E-state index is 4.23. The van der Waals surface area contributed by atoms with E-state index in [1.165, 1.54) is 30.4 Å². The van der Waals surface area contributed by atoms with E-state index in [2.05, 4.69) is 24.1 Å². The number of allylic oxidation sites excluding steroid dienone is 2. The Bertz CT molecular complexity index is 392. The van der Waals surface area contributed by atoms with E-state index in [1.54, 1.807) is 5.57 Å². The summed E-state index contributed by atoms with van der Waals surface area (Å²) in [6.07, 6.45) is 10.4. The fraction of sp³-hybridized carbons (Fsp3) is 0.462. The minimum atomic E-state index is 0.867. The van der Waals surface area contributed by atoms with Gasteiger partial charge in [0.1, 0.15) is 0 Å². The molecule has 72 valence electrons. The first-order chi connectivity index (χ1) is 6.86. The molecule has 0 aliphatic heterocycles. The van der Waals surface area contributed by atoms with Crippen LogP contribution in [0.5, 0.6) is 0 Å². The number of fused-ring (bicyclic) bond motifs is 1. The molecule has 14 heavy (non-hydrogen) atoms. The van der Waals surface area contributed by atoms with Gasteiger partial charge in [0, 0.05) is 12.4 Å². The van der Waals surface area contributed by atoms with Crippen LogP contribution in [-0.4, -0.2) is 4.98 Å². The van der Waals surface area contributed by atoms with Gasteiger partial charge >= 0.3 is 0 Å². The van der Waals surface area contributed by atoms with Gasteiger partial charge in [-0.2, -0.15) is 0 Å². The van der Waals surface area contributed by atoms with Crippen LogP contribution in [0, 0.1) is 18.8 Å². The lowest BCUT2D eigenvalue weighted by Gasteiger charge is -2.13. The molecule has 1 nitrogen and oxygen atoms in total. The highest BCUT2D eigenvalue weighted by Gasteiger charge is 2.41. The number of pyridine rings is 1. The molecule has 0 bridgehead atoms. The van der Waals surface area contributed by atoms with E-state index in [-0.39, 0.29) is 0 Å². The van der Waals surface area contributed by atoms with Crippen molar-refractivity contribution >= 4 is 5.57 Å². The van der Waals surface area contributed by atoms with Gasteiger partial charge in [-0.1, -0.05) is 6.08 Å². The Balaban J connectivity index is 2.02. The Hall–Kier alpha value is -1.11. The normalized spacial score (nSPS) is 29.4. The van der Waals surface area contributed by atoms with Gasteiger partial charge in [-0.05, 0) is 60.8 Å². The lowest BCUT2D eigenvalue weighted by Crippen LogP contribution is -1.98. The Kier molecular flexibility index (Phi) is 1.73. The minimum absolute atomic E-state index is 0.867. The summed E-state index contributed by atoms with van der Waals surface area (Å²) in [6, 6.07) is 2.11. The molecule has 2 atom stereocenters. The van der Waals surface area contributed by atoms with Crippen LogP contribution in [0.2, 0.25) is 0 Å². The first-order valence-electron chi connectivity index (χ1n) is 5.47. The number of rotatable bonds is 1. The third-order valence-corrected chi connectivity index (χ3v) is 3.57. The van der Waals surface area contributed by atoms with Crippen LogP contribution < -0.4 is 0 Å². The van der Waals surface area contributed by atoms with Crippen LogP contribution in [0.25, 0.3) is 5.57 Å². The maximum atomic E-state index is 4.23. The minimum Gasteiger partial charge on any atom is -0.264 e. The van der Waals surface area contributed by atoms with Gasteiger partial charge in [-0.25, -0.2) is 0 Å². The molecule has 3 rings (SSSR count). The molecule has 0 spiro atoms. The van der Waals surface area contributed by atoms with Crippen LogP contribution in [0.3, 0.4) is 0 Å². The summed E-state index contributed by atoms with van der Waals surface area (Å²) in [5.41, 5.74) is 4.34. The highest BCUT2D eigenvalue weighted by atomic mass is 14.6. The maximum Gasteiger partial charge on any atom is 0.0345 e. The van der Waals surface area contributed by atoms with E-state index in [0.717, 1.165) is 11.8 Å². The third-order valence-electron chi connectivity index (χ3n) is 3.57. The molecule has 1 aromatic rings. The van der Waals surface area contributed by atoms with E-state index in [9.17, 15) is 0 Å². The Morgan fingerprint density at radius 3 is 3.21 bits per heavy atom. The smallest absolute Gasteiger partial charge is 0.0345 e. The molecule has 2 unspecified atom stereocenters. The number of hydrogen-bond donors (Lipinski definition) is 0. The summed E-state index contributed by atoms with van der Waals surface area (Å²) in [6.45, 7) is 2.18. The molecule has 1 fully saturated rings. The molecule has 0 radical (unpaired) electrons. The molecule has 2 aliphatic carbocycles. The van der Waals surface area contributed by atoms with Crippen molar-refractivity contribution in [3.8, 4) is 0 Å². The fourth-order valence-electron chi connectivity index (χ4n) is 2.63. The van der Waals surface area contributed by atoms with Crippen molar-refractivity contribution in [2.75, 3.05) is 0 Å². The van der Waals surface area contributed by atoms with E-state index in [0.29, 0.717) is 0 Å². The van der Waals surface area contributed by atoms with E-state index in [4.69, 9.17) is 0 Å². The Morgan fingerprint density at radius 1 is 1.43 bits per heavy atom. The molecule has 1 aromatic heterocycles. The van der Waals surface area contributed by atoms with Crippen LogP contribution in [0.15, 0.2) is 24.5 Å². The standard InChI is InChI=1S/C13H15N/c1-9-5-6-14-8-13(9)11-4-2-3-10-7-12(10)11/h4-6,8,10,12H,2-3,7H2,1H3. The lowest BCUT2D eigenvalue weighted by molar-refractivity contribution is 0.691. The van der Waals surface area contributed by atoms with Crippen LogP contribution in [-0.2, 0) is 0 Å². The summed E-state index contributed by atoms with van der Waals surface area (Å²) < 4.78 is 0. The van der Waals surface area contributed by atoms with Crippen LogP contribution >= 0.6 is 0 Å². The highest BCUT2D eigenvalue weighted by Crippen LogP contribution is 2.53. The number of aromatic nitrogens is 1. The van der Waals surface area contributed by atoms with E-state index < -0.39 is 0 Å².